The molecule has 0 radical (unpaired) electrons. The first-order valence-electron chi connectivity index (χ1n) is 10.8. The molecule has 1 aliphatic heterocycles. The molecule has 1 aliphatic rings. The highest BCUT2D eigenvalue weighted by atomic mass is 32.1. The molecule has 1 aromatic rings. The lowest BCUT2D eigenvalue weighted by molar-refractivity contribution is -0.244. The number of nitrogens with zero attached hydrogens (tertiary/aromatic N) is 3. The first-order valence-corrected chi connectivity index (χ1v) is 11.2. The fourth-order valence-electron chi connectivity index (χ4n) is 3.87. The van der Waals surface area contributed by atoms with Crippen molar-refractivity contribution in [3.8, 4) is 0 Å². The Morgan fingerprint density at radius 3 is 2.27 bits per heavy atom. The number of carbonyl (C=O) groups is 2. The number of carboxylic acids is 2. The summed E-state index contributed by atoms with van der Waals surface area (Å²) in [6, 6.07) is 7.79. The minimum absolute atomic E-state index is 0.0542. The van der Waals surface area contributed by atoms with Crippen LogP contribution in [0.4, 0.5) is 5.69 Å². The molecule has 0 saturated carbocycles. The highest BCUT2D eigenvalue weighted by Crippen LogP contribution is 2.16. The Balaban J connectivity index is 2.21. The molecule has 1 aromatic carbocycles. The molecule has 184 valence electrons. The average molecular weight is 484 g/mol. The fourth-order valence-corrected chi connectivity index (χ4v) is 3.99. The summed E-state index contributed by atoms with van der Waals surface area (Å²) in [6.07, 6.45) is 0.650. The molecule has 33 heavy (non-hydrogen) atoms. The number of anilines is 1. The Morgan fingerprint density at radius 2 is 1.67 bits per heavy atom. The summed E-state index contributed by atoms with van der Waals surface area (Å²) < 4.78 is 0. The quantitative estimate of drug-likeness (QED) is 0.175. The number of rotatable bonds is 10. The van der Waals surface area contributed by atoms with Gasteiger partial charge < -0.3 is 20.8 Å². The van der Waals surface area contributed by atoms with Gasteiger partial charge in [0.25, 0.3) is 0 Å². The first kappa shape index (κ1) is 26.9. The molecule has 1 atom stereocenters. The van der Waals surface area contributed by atoms with E-state index < -0.39 is 11.9 Å². The third-order valence-electron chi connectivity index (χ3n) is 5.52. The van der Waals surface area contributed by atoms with Crippen LogP contribution >= 0.6 is 12.2 Å². The third kappa shape index (κ3) is 9.98. The van der Waals surface area contributed by atoms with E-state index in [9.17, 15) is 19.8 Å². The summed E-state index contributed by atoms with van der Waals surface area (Å²) in [5, 5.41) is 33.9. The lowest BCUT2D eigenvalue weighted by atomic mass is 10.0. The van der Waals surface area contributed by atoms with Crippen molar-refractivity contribution in [1.29, 1.82) is 0 Å². The summed E-state index contributed by atoms with van der Waals surface area (Å²) in [6.45, 7) is 2.76. The molecule has 0 aliphatic carbocycles. The molecule has 1 unspecified atom stereocenters. The zero-order valence-corrected chi connectivity index (χ0v) is 19.6. The molecular formula is C21H33N5O6S. The van der Waals surface area contributed by atoms with Crippen LogP contribution in [0.2, 0.25) is 0 Å². The minimum Gasteiger partial charge on any atom is -0.480 e. The Kier molecular flexibility index (Phi) is 11.4. The monoisotopic (exact) mass is 483 g/mol. The maximum atomic E-state index is 11.4. The molecule has 0 bridgehead atoms. The van der Waals surface area contributed by atoms with Crippen molar-refractivity contribution in [1.82, 2.24) is 20.0 Å². The Bertz CT molecular complexity index is 781. The number of hydrogen-bond donors (Lipinski definition) is 5. The average Bonchev–Trinajstić information content (AvgIpc) is 2.83. The van der Waals surface area contributed by atoms with Crippen molar-refractivity contribution in [2.75, 3.05) is 71.3 Å². The van der Waals surface area contributed by atoms with Crippen molar-refractivity contribution >= 4 is 35.0 Å². The van der Waals surface area contributed by atoms with Gasteiger partial charge in [-0.2, -0.15) is 0 Å². The van der Waals surface area contributed by atoms with Crippen LogP contribution in [0.5, 0.6) is 0 Å². The fraction of sp³-hybridized carbons (Fsp3) is 0.571. The third-order valence-corrected chi connectivity index (χ3v) is 5.83. The van der Waals surface area contributed by atoms with Gasteiger partial charge in [0.2, 0.25) is 0 Å². The molecule has 11 nitrogen and oxygen atoms in total. The van der Waals surface area contributed by atoms with Gasteiger partial charge in [0.15, 0.2) is 5.11 Å². The zero-order valence-electron chi connectivity index (χ0n) is 18.8. The summed E-state index contributed by atoms with van der Waals surface area (Å²) >= 11 is 5.13. The molecule has 5 N–H and O–H groups in total. The van der Waals surface area contributed by atoms with Gasteiger partial charge in [0, 0.05) is 58.0 Å². The zero-order chi connectivity index (χ0) is 24.2. The van der Waals surface area contributed by atoms with Gasteiger partial charge in [0.1, 0.15) is 0 Å². The van der Waals surface area contributed by atoms with Gasteiger partial charge >= 0.3 is 11.9 Å². The second kappa shape index (κ2) is 14.0. The lowest BCUT2D eigenvalue weighted by Crippen LogP contribution is -2.48. The number of nitrogens with one attached hydrogen (secondary N) is 2. The molecule has 1 fully saturated rings. The van der Waals surface area contributed by atoms with E-state index in [0.717, 1.165) is 11.3 Å². The highest BCUT2D eigenvalue weighted by molar-refractivity contribution is 7.80. The molecule has 0 aromatic heterocycles. The Morgan fingerprint density at radius 1 is 1.06 bits per heavy atom. The van der Waals surface area contributed by atoms with Crippen LogP contribution in [0, 0.1) is 0 Å². The van der Waals surface area contributed by atoms with Crippen LogP contribution in [0.1, 0.15) is 5.56 Å². The van der Waals surface area contributed by atoms with Gasteiger partial charge in [-0.15, -0.1) is 0 Å². The van der Waals surface area contributed by atoms with Crippen LogP contribution in [-0.2, 0) is 20.9 Å². The van der Waals surface area contributed by atoms with Crippen LogP contribution in [0.3, 0.4) is 0 Å². The van der Waals surface area contributed by atoms with E-state index in [0.29, 0.717) is 50.8 Å². The predicted molar refractivity (Wildman–Crippen MR) is 128 cm³/mol. The highest BCUT2D eigenvalue weighted by Gasteiger charge is 2.26. The number of carboxylic acid groups (broad SMARTS) is 2. The van der Waals surface area contributed by atoms with Crippen LogP contribution < -0.4 is 10.6 Å². The van der Waals surface area contributed by atoms with Crippen molar-refractivity contribution in [2.45, 2.75) is 12.5 Å². The predicted octanol–water partition coefficient (Wildman–Crippen LogP) is 0.0923. The molecule has 1 saturated heterocycles. The van der Waals surface area contributed by atoms with Crippen molar-refractivity contribution in [2.24, 2.45) is 0 Å². The maximum Gasteiger partial charge on any atom is 0.317 e. The normalized spacial score (nSPS) is 18.7. The molecule has 0 amide bonds. The van der Waals surface area contributed by atoms with Gasteiger partial charge in [-0.3, -0.25) is 29.5 Å². The SMILES string of the molecule is CNC(=S)Nc1ccc(CC2CN(CC(=O)O)CCN(CC(=O)O)CCN2CCOO)cc1. The molecule has 2 rings (SSSR count). The second-order valence-electron chi connectivity index (χ2n) is 7.93. The number of hydrogen-bond acceptors (Lipinski definition) is 8. The smallest absolute Gasteiger partial charge is 0.317 e. The van der Waals surface area contributed by atoms with Gasteiger partial charge in [-0.1, -0.05) is 12.1 Å². The van der Waals surface area contributed by atoms with Crippen molar-refractivity contribution in [3.63, 3.8) is 0 Å². The van der Waals surface area contributed by atoms with E-state index >= 15 is 0 Å². The molecule has 1 heterocycles. The van der Waals surface area contributed by atoms with Gasteiger partial charge in [-0.05, 0) is 36.3 Å². The van der Waals surface area contributed by atoms with E-state index in [4.69, 9.17) is 17.5 Å². The van der Waals surface area contributed by atoms with E-state index in [1.165, 1.54) is 0 Å². The lowest BCUT2D eigenvalue weighted by Gasteiger charge is -2.34. The van der Waals surface area contributed by atoms with E-state index in [1.807, 2.05) is 29.2 Å². The minimum atomic E-state index is -0.932. The number of benzene rings is 1. The number of aliphatic carboxylic acids is 2. The maximum absolute atomic E-state index is 11.4. The van der Waals surface area contributed by atoms with Crippen LogP contribution in [0.25, 0.3) is 0 Å². The summed E-state index contributed by atoms with van der Waals surface area (Å²) in [5.74, 6) is -1.86. The summed E-state index contributed by atoms with van der Waals surface area (Å²) in [5.41, 5.74) is 1.92. The van der Waals surface area contributed by atoms with Crippen LogP contribution in [-0.4, -0.2) is 119 Å². The van der Waals surface area contributed by atoms with Crippen molar-refractivity contribution in [3.05, 3.63) is 29.8 Å². The standard InChI is InChI=1S/C21H33N5O6S/c1-22-21(33)23-17-4-2-16(3-5-17)12-18-13-25(15-20(29)30)7-6-24(14-19(27)28)8-9-26(18)10-11-32-31/h2-5,18,31H,6-15H2,1H3,(H,27,28)(H,29,30)(H2,22,23,33). The summed E-state index contributed by atoms with van der Waals surface area (Å²) in [7, 11) is 1.74. The molecule has 12 heteroatoms. The van der Waals surface area contributed by atoms with Crippen LogP contribution in [0.15, 0.2) is 24.3 Å². The second-order valence-corrected chi connectivity index (χ2v) is 8.34. The first-order chi connectivity index (χ1) is 15.8. The molecule has 0 spiro atoms. The van der Waals surface area contributed by atoms with Gasteiger partial charge in [0.05, 0.1) is 19.7 Å². The molecular weight excluding hydrogens is 450 g/mol. The van der Waals surface area contributed by atoms with E-state index in [1.54, 1.807) is 11.9 Å². The van der Waals surface area contributed by atoms with E-state index in [2.05, 4.69) is 20.4 Å². The Hall–Kier alpha value is -2.35. The van der Waals surface area contributed by atoms with E-state index in [-0.39, 0.29) is 25.7 Å². The topological polar surface area (TPSA) is 138 Å². The number of thiocarbonyl (C=S) groups is 1. The largest absolute Gasteiger partial charge is 0.480 e. The van der Waals surface area contributed by atoms with Gasteiger partial charge in [-0.25, -0.2) is 4.89 Å². The summed E-state index contributed by atoms with van der Waals surface area (Å²) in [4.78, 5) is 32.8. The van der Waals surface area contributed by atoms with Crippen molar-refractivity contribution < 1.29 is 29.9 Å². The Labute approximate surface area is 198 Å².